The first-order valence-electron chi connectivity index (χ1n) is 9.72. The molecule has 4 rings (SSSR count). The van der Waals surface area contributed by atoms with Gasteiger partial charge in [-0.05, 0) is 49.2 Å². The predicted octanol–water partition coefficient (Wildman–Crippen LogP) is 6.83. The Balaban J connectivity index is 1.63. The lowest BCUT2D eigenvalue weighted by Crippen LogP contribution is -2.05. The second-order valence-corrected chi connectivity index (χ2v) is 7.80. The topological polar surface area (TPSA) is 63.7 Å². The maximum absolute atomic E-state index is 15.0. The Morgan fingerprint density at radius 3 is 2.61 bits per heavy atom. The van der Waals surface area contributed by atoms with Crippen molar-refractivity contribution in [3.05, 3.63) is 81.5 Å². The summed E-state index contributed by atoms with van der Waals surface area (Å²) in [6.45, 7) is 3.85. The number of nitrogens with zero attached hydrogens (tertiary/aromatic N) is 3. The molecule has 0 fully saturated rings. The first-order valence-corrected chi connectivity index (χ1v) is 10.5. The molecule has 1 aromatic carbocycles. The van der Waals surface area contributed by atoms with Crippen LogP contribution in [-0.4, -0.2) is 20.2 Å². The van der Waals surface area contributed by atoms with Gasteiger partial charge in [-0.15, -0.1) is 0 Å². The monoisotopic (exact) mass is 456 g/mol. The minimum absolute atomic E-state index is 0.202. The van der Waals surface area contributed by atoms with E-state index in [4.69, 9.17) is 27.9 Å². The van der Waals surface area contributed by atoms with Crippen molar-refractivity contribution in [3.63, 3.8) is 0 Å². The van der Waals surface area contributed by atoms with Crippen molar-refractivity contribution >= 4 is 46.0 Å². The number of aromatic amines is 1. The van der Waals surface area contributed by atoms with Crippen LogP contribution in [0.3, 0.4) is 0 Å². The SMILES string of the molecule is CCc1ccc(/C=C(\F)c2n[nH]c3ccc(OC(C)c4c(Cl)cncc4Cl)cc23)cn1. The highest BCUT2D eigenvalue weighted by molar-refractivity contribution is 6.35. The van der Waals surface area contributed by atoms with Crippen molar-refractivity contribution in [1.29, 1.82) is 0 Å². The molecule has 0 aliphatic rings. The van der Waals surface area contributed by atoms with E-state index in [1.807, 2.05) is 26.0 Å². The summed E-state index contributed by atoms with van der Waals surface area (Å²) in [7, 11) is 0. The molecule has 0 saturated heterocycles. The molecule has 0 radical (unpaired) electrons. The number of hydrogen-bond acceptors (Lipinski definition) is 4. The zero-order valence-corrected chi connectivity index (χ0v) is 18.4. The zero-order chi connectivity index (χ0) is 22.0. The van der Waals surface area contributed by atoms with Gasteiger partial charge in [0, 0.05) is 35.2 Å². The summed E-state index contributed by atoms with van der Waals surface area (Å²) in [4.78, 5) is 8.26. The van der Waals surface area contributed by atoms with E-state index >= 15 is 0 Å². The quantitative estimate of drug-likeness (QED) is 0.345. The summed E-state index contributed by atoms with van der Waals surface area (Å²) in [5.74, 6) is 0.0658. The minimum Gasteiger partial charge on any atom is -0.486 e. The molecule has 4 aromatic rings. The lowest BCUT2D eigenvalue weighted by molar-refractivity contribution is 0.227. The summed E-state index contributed by atoms with van der Waals surface area (Å²) in [5, 5.41) is 8.43. The van der Waals surface area contributed by atoms with Gasteiger partial charge in [-0.3, -0.25) is 15.1 Å². The third-order valence-electron chi connectivity index (χ3n) is 4.87. The molecule has 3 heterocycles. The van der Waals surface area contributed by atoms with Gasteiger partial charge in [-0.1, -0.05) is 36.2 Å². The lowest BCUT2D eigenvalue weighted by atomic mass is 10.1. The second kappa shape index (κ2) is 9.04. The Morgan fingerprint density at radius 2 is 1.94 bits per heavy atom. The smallest absolute Gasteiger partial charge is 0.151 e. The van der Waals surface area contributed by atoms with Gasteiger partial charge >= 0.3 is 0 Å². The Morgan fingerprint density at radius 1 is 1.16 bits per heavy atom. The van der Waals surface area contributed by atoms with Crippen LogP contribution in [0.1, 0.15) is 42.5 Å². The van der Waals surface area contributed by atoms with Crippen LogP contribution in [0.5, 0.6) is 5.75 Å². The number of rotatable bonds is 6. The van der Waals surface area contributed by atoms with Crippen LogP contribution in [-0.2, 0) is 6.42 Å². The fourth-order valence-corrected chi connectivity index (χ4v) is 3.94. The van der Waals surface area contributed by atoms with Crippen LogP contribution in [0.4, 0.5) is 4.39 Å². The van der Waals surface area contributed by atoms with Crippen molar-refractivity contribution < 1.29 is 9.13 Å². The van der Waals surface area contributed by atoms with Crippen LogP contribution in [0.15, 0.2) is 48.9 Å². The van der Waals surface area contributed by atoms with Crippen LogP contribution in [0, 0.1) is 0 Å². The molecule has 0 spiro atoms. The van der Waals surface area contributed by atoms with E-state index in [-0.39, 0.29) is 5.69 Å². The molecule has 0 bridgehead atoms. The predicted molar refractivity (Wildman–Crippen MR) is 122 cm³/mol. The second-order valence-electron chi connectivity index (χ2n) is 6.99. The number of aromatic nitrogens is 4. The molecule has 8 heteroatoms. The van der Waals surface area contributed by atoms with E-state index in [1.54, 1.807) is 24.4 Å². The number of ether oxygens (including phenoxy) is 1. The Kier molecular flexibility index (Phi) is 6.20. The van der Waals surface area contributed by atoms with E-state index in [2.05, 4.69) is 20.2 Å². The average Bonchev–Trinajstić information content (AvgIpc) is 3.17. The number of hydrogen-bond donors (Lipinski definition) is 1. The van der Waals surface area contributed by atoms with E-state index in [0.717, 1.165) is 12.1 Å². The number of H-pyrrole nitrogens is 1. The van der Waals surface area contributed by atoms with Gasteiger partial charge < -0.3 is 4.74 Å². The Labute approximate surface area is 188 Å². The minimum atomic E-state index is -0.470. The summed E-state index contributed by atoms with van der Waals surface area (Å²) in [6, 6.07) is 9.01. The van der Waals surface area contributed by atoms with E-state index in [9.17, 15) is 4.39 Å². The normalized spacial score (nSPS) is 12.9. The van der Waals surface area contributed by atoms with Crippen molar-refractivity contribution in [2.24, 2.45) is 0 Å². The largest absolute Gasteiger partial charge is 0.486 e. The van der Waals surface area contributed by atoms with E-state index < -0.39 is 11.9 Å². The summed E-state index contributed by atoms with van der Waals surface area (Å²) in [6.07, 6.45) is 6.48. The van der Waals surface area contributed by atoms with Gasteiger partial charge in [0.2, 0.25) is 0 Å². The Hall–Kier alpha value is -2.96. The molecular formula is C23H19Cl2FN4O. The number of halogens is 3. The molecule has 31 heavy (non-hydrogen) atoms. The first kappa shape index (κ1) is 21.3. The molecule has 1 N–H and O–H groups in total. The molecule has 3 aromatic heterocycles. The highest BCUT2D eigenvalue weighted by atomic mass is 35.5. The molecule has 0 aliphatic carbocycles. The fourth-order valence-electron chi connectivity index (χ4n) is 3.27. The molecule has 5 nitrogen and oxygen atoms in total. The molecule has 158 valence electrons. The average molecular weight is 457 g/mol. The molecule has 1 atom stereocenters. The summed E-state index contributed by atoms with van der Waals surface area (Å²) in [5.41, 5.74) is 3.15. The standard InChI is InChI=1S/C23H19Cl2FN4O/c1-3-15-5-4-14(10-28-15)8-20(26)23-17-9-16(6-7-21(17)29-30-23)31-13(2)22-18(24)11-27-12-19(22)25/h4-13H,3H2,1-2H3,(H,29,30)/b20-8-. The molecule has 0 aliphatic heterocycles. The van der Waals surface area contributed by atoms with Crippen molar-refractivity contribution in [2.45, 2.75) is 26.4 Å². The van der Waals surface area contributed by atoms with Gasteiger partial charge in [0.05, 0.1) is 15.6 Å². The highest BCUT2D eigenvalue weighted by Gasteiger charge is 2.17. The van der Waals surface area contributed by atoms with Gasteiger partial charge in [-0.25, -0.2) is 4.39 Å². The van der Waals surface area contributed by atoms with Gasteiger partial charge in [0.25, 0.3) is 0 Å². The number of nitrogens with one attached hydrogen (secondary N) is 1. The van der Waals surface area contributed by atoms with E-state index in [0.29, 0.717) is 37.8 Å². The van der Waals surface area contributed by atoms with Gasteiger partial charge in [0.15, 0.2) is 5.83 Å². The number of aryl methyl sites for hydroxylation is 1. The fraction of sp³-hybridized carbons (Fsp3) is 0.174. The number of fused-ring (bicyclic) bond motifs is 1. The molecule has 0 amide bonds. The van der Waals surface area contributed by atoms with Gasteiger partial charge in [-0.2, -0.15) is 5.10 Å². The maximum Gasteiger partial charge on any atom is 0.151 e. The molecular weight excluding hydrogens is 438 g/mol. The molecule has 1 unspecified atom stereocenters. The van der Waals surface area contributed by atoms with Crippen molar-refractivity contribution in [3.8, 4) is 5.75 Å². The number of pyridine rings is 2. The van der Waals surface area contributed by atoms with E-state index in [1.165, 1.54) is 18.5 Å². The Bertz CT molecular complexity index is 1230. The maximum atomic E-state index is 15.0. The highest BCUT2D eigenvalue weighted by Crippen LogP contribution is 2.34. The molecule has 0 saturated carbocycles. The van der Waals surface area contributed by atoms with Crippen LogP contribution in [0.25, 0.3) is 22.8 Å². The summed E-state index contributed by atoms with van der Waals surface area (Å²) < 4.78 is 21.0. The number of benzene rings is 1. The third kappa shape index (κ3) is 4.55. The van der Waals surface area contributed by atoms with Crippen molar-refractivity contribution in [2.75, 3.05) is 0 Å². The van der Waals surface area contributed by atoms with Crippen LogP contribution >= 0.6 is 23.2 Å². The lowest BCUT2D eigenvalue weighted by Gasteiger charge is -2.17. The van der Waals surface area contributed by atoms with Gasteiger partial charge in [0.1, 0.15) is 17.5 Å². The zero-order valence-electron chi connectivity index (χ0n) is 16.9. The van der Waals surface area contributed by atoms with Crippen LogP contribution < -0.4 is 4.74 Å². The summed E-state index contributed by atoms with van der Waals surface area (Å²) >= 11 is 12.5. The first-order chi connectivity index (χ1) is 15.0. The third-order valence-corrected chi connectivity index (χ3v) is 5.48. The van der Waals surface area contributed by atoms with Crippen molar-refractivity contribution in [1.82, 2.24) is 20.2 Å². The van der Waals surface area contributed by atoms with Crippen LogP contribution in [0.2, 0.25) is 10.0 Å².